The van der Waals surface area contributed by atoms with Crippen molar-refractivity contribution in [3.8, 4) is 10.8 Å². The summed E-state index contributed by atoms with van der Waals surface area (Å²) >= 11 is 1.64. The Hall–Kier alpha value is -1.13. The lowest BCUT2D eigenvalue weighted by molar-refractivity contribution is 0.548. The number of rotatable bonds is 3. The molecule has 0 spiro atoms. The molecule has 0 amide bonds. The monoisotopic (exact) mass is 208 g/mol. The number of hydrogen-bond acceptors (Lipinski definition) is 4. The second-order valence-corrected chi connectivity index (χ2v) is 4.20. The van der Waals surface area contributed by atoms with E-state index in [1.807, 2.05) is 25.3 Å². The minimum absolute atomic E-state index is 0.665. The van der Waals surface area contributed by atoms with Crippen molar-refractivity contribution >= 4 is 11.3 Å². The molecule has 0 aromatic carbocycles. The van der Waals surface area contributed by atoms with Crippen LogP contribution in [0.5, 0.6) is 0 Å². The van der Waals surface area contributed by atoms with Crippen LogP contribution in [0.3, 0.4) is 0 Å². The second kappa shape index (κ2) is 3.94. The van der Waals surface area contributed by atoms with Crippen LogP contribution in [0.1, 0.15) is 10.6 Å². The molecule has 0 saturated heterocycles. The maximum absolute atomic E-state index is 5.48. The molecular formula is C10H12N2OS. The Labute approximate surface area is 86.6 Å². The highest BCUT2D eigenvalue weighted by atomic mass is 32.1. The first kappa shape index (κ1) is 9.43. The van der Waals surface area contributed by atoms with E-state index in [2.05, 4.69) is 4.98 Å². The van der Waals surface area contributed by atoms with Crippen LogP contribution in [0.15, 0.2) is 22.7 Å². The lowest BCUT2D eigenvalue weighted by Gasteiger charge is -1.88. The van der Waals surface area contributed by atoms with E-state index >= 15 is 0 Å². The summed E-state index contributed by atoms with van der Waals surface area (Å²) in [5.74, 6) is 1.76. The van der Waals surface area contributed by atoms with E-state index in [9.17, 15) is 0 Å². The molecule has 2 N–H and O–H groups in total. The molecule has 3 nitrogen and oxygen atoms in total. The van der Waals surface area contributed by atoms with Crippen LogP contribution in [0.2, 0.25) is 0 Å². The summed E-state index contributed by atoms with van der Waals surface area (Å²) in [6.07, 6.45) is 2.75. The number of hydrogen-bond donors (Lipinski definition) is 1. The molecule has 0 fully saturated rings. The normalized spacial score (nSPS) is 10.7. The molecule has 0 radical (unpaired) electrons. The first-order valence-electron chi connectivity index (χ1n) is 4.51. The van der Waals surface area contributed by atoms with Gasteiger partial charge in [0.05, 0.1) is 0 Å². The molecule has 0 aliphatic rings. The van der Waals surface area contributed by atoms with Gasteiger partial charge in [-0.05, 0) is 32.0 Å². The van der Waals surface area contributed by atoms with Gasteiger partial charge in [-0.25, -0.2) is 4.98 Å². The fourth-order valence-electron chi connectivity index (χ4n) is 1.23. The van der Waals surface area contributed by atoms with Crippen LogP contribution in [0, 0.1) is 6.92 Å². The summed E-state index contributed by atoms with van der Waals surface area (Å²) in [7, 11) is 0. The molecule has 74 valence electrons. The molecule has 0 saturated carbocycles. The van der Waals surface area contributed by atoms with Crippen molar-refractivity contribution in [2.45, 2.75) is 13.3 Å². The summed E-state index contributed by atoms with van der Waals surface area (Å²) in [4.78, 5) is 5.49. The molecular weight excluding hydrogens is 196 g/mol. The van der Waals surface area contributed by atoms with Crippen molar-refractivity contribution in [2.24, 2.45) is 5.73 Å². The van der Waals surface area contributed by atoms with E-state index in [1.165, 1.54) is 4.88 Å². The van der Waals surface area contributed by atoms with Crippen LogP contribution in [0.4, 0.5) is 0 Å². The van der Waals surface area contributed by atoms with Crippen molar-refractivity contribution in [1.82, 2.24) is 4.98 Å². The third-order valence-electron chi connectivity index (χ3n) is 1.90. The average Bonchev–Trinajstić information content (AvgIpc) is 2.74. The molecule has 0 aliphatic heterocycles. The number of aryl methyl sites for hydroxylation is 1. The molecule has 2 aromatic rings. The van der Waals surface area contributed by atoms with E-state index in [0.29, 0.717) is 6.54 Å². The van der Waals surface area contributed by atoms with E-state index in [0.717, 1.165) is 22.9 Å². The lowest BCUT2D eigenvalue weighted by Crippen LogP contribution is -2.00. The molecule has 0 atom stereocenters. The summed E-state index contributed by atoms with van der Waals surface area (Å²) in [6, 6.07) is 3.89. The van der Waals surface area contributed by atoms with Gasteiger partial charge < -0.3 is 10.2 Å². The molecule has 0 bridgehead atoms. The average molecular weight is 208 g/mol. The summed E-state index contributed by atoms with van der Waals surface area (Å²) < 4.78 is 5.48. The molecule has 2 aromatic heterocycles. The van der Waals surface area contributed by atoms with Crippen LogP contribution < -0.4 is 5.73 Å². The molecule has 2 rings (SSSR count). The Morgan fingerprint density at radius 2 is 2.36 bits per heavy atom. The Morgan fingerprint density at radius 1 is 1.50 bits per heavy atom. The maximum Gasteiger partial charge on any atom is 0.162 e. The SMILES string of the molecule is Cc1ccc(-c2ncc(CCN)s2)o1. The third-order valence-corrected chi connectivity index (χ3v) is 2.97. The molecule has 4 heteroatoms. The molecule has 14 heavy (non-hydrogen) atoms. The first-order valence-corrected chi connectivity index (χ1v) is 5.33. The van der Waals surface area contributed by atoms with Crippen LogP contribution in [-0.4, -0.2) is 11.5 Å². The fraction of sp³-hybridized carbons (Fsp3) is 0.300. The van der Waals surface area contributed by atoms with Crippen LogP contribution in [0.25, 0.3) is 10.8 Å². The highest BCUT2D eigenvalue weighted by Crippen LogP contribution is 2.26. The van der Waals surface area contributed by atoms with E-state index in [1.54, 1.807) is 11.3 Å². The van der Waals surface area contributed by atoms with Gasteiger partial charge in [-0.3, -0.25) is 0 Å². The van der Waals surface area contributed by atoms with Crippen LogP contribution >= 0.6 is 11.3 Å². The number of thiazole rings is 1. The summed E-state index contributed by atoms with van der Waals surface area (Å²) in [6.45, 7) is 2.59. The van der Waals surface area contributed by atoms with Crippen molar-refractivity contribution in [3.05, 3.63) is 29.0 Å². The van der Waals surface area contributed by atoms with Gasteiger partial charge in [0.2, 0.25) is 0 Å². The maximum atomic E-state index is 5.48. The Kier molecular flexibility index (Phi) is 2.65. The predicted molar refractivity (Wildman–Crippen MR) is 57.3 cm³/mol. The van der Waals surface area contributed by atoms with Gasteiger partial charge in [0.1, 0.15) is 5.76 Å². The zero-order chi connectivity index (χ0) is 9.97. The quantitative estimate of drug-likeness (QED) is 0.841. The highest BCUT2D eigenvalue weighted by Gasteiger charge is 2.07. The van der Waals surface area contributed by atoms with Crippen molar-refractivity contribution in [1.29, 1.82) is 0 Å². The van der Waals surface area contributed by atoms with Gasteiger partial charge in [0.25, 0.3) is 0 Å². The minimum atomic E-state index is 0.665. The summed E-state index contributed by atoms with van der Waals surface area (Å²) in [5, 5.41) is 0.932. The minimum Gasteiger partial charge on any atom is -0.459 e. The largest absolute Gasteiger partial charge is 0.459 e. The van der Waals surface area contributed by atoms with Crippen LogP contribution in [-0.2, 0) is 6.42 Å². The van der Waals surface area contributed by atoms with Gasteiger partial charge in [0.15, 0.2) is 10.8 Å². The number of aromatic nitrogens is 1. The molecule has 0 unspecified atom stereocenters. The van der Waals surface area contributed by atoms with Crippen molar-refractivity contribution in [3.63, 3.8) is 0 Å². The lowest BCUT2D eigenvalue weighted by atomic mass is 10.4. The standard InChI is InChI=1S/C10H12N2OS/c1-7-2-3-9(13-7)10-12-6-8(14-10)4-5-11/h2-3,6H,4-5,11H2,1H3. The zero-order valence-electron chi connectivity index (χ0n) is 7.99. The van der Waals surface area contributed by atoms with E-state index in [-0.39, 0.29) is 0 Å². The van der Waals surface area contributed by atoms with Gasteiger partial charge in [-0.15, -0.1) is 11.3 Å². The Balaban J connectivity index is 2.24. The van der Waals surface area contributed by atoms with Gasteiger partial charge in [-0.2, -0.15) is 0 Å². The van der Waals surface area contributed by atoms with Crippen molar-refractivity contribution < 1.29 is 4.42 Å². The number of furan rings is 1. The zero-order valence-corrected chi connectivity index (χ0v) is 8.80. The topological polar surface area (TPSA) is 52.0 Å². The van der Waals surface area contributed by atoms with E-state index in [4.69, 9.17) is 10.2 Å². The van der Waals surface area contributed by atoms with Gasteiger partial charge in [0, 0.05) is 11.1 Å². The Bertz CT molecular complexity index is 419. The summed E-state index contributed by atoms with van der Waals surface area (Å²) in [5.41, 5.74) is 5.47. The third kappa shape index (κ3) is 1.86. The van der Waals surface area contributed by atoms with Gasteiger partial charge in [-0.1, -0.05) is 0 Å². The highest BCUT2D eigenvalue weighted by molar-refractivity contribution is 7.14. The Morgan fingerprint density at radius 3 is 3.00 bits per heavy atom. The number of nitrogens with zero attached hydrogens (tertiary/aromatic N) is 1. The van der Waals surface area contributed by atoms with Crippen molar-refractivity contribution in [2.75, 3.05) is 6.54 Å². The first-order chi connectivity index (χ1) is 6.79. The smallest absolute Gasteiger partial charge is 0.162 e. The van der Waals surface area contributed by atoms with Gasteiger partial charge >= 0.3 is 0 Å². The second-order valence-electron chi connectivity index (χ2n) is 3.08. The predicted octanol–water partition coefficient (Wildman–Crippen LogP) is 2.21. The number of nitrogens with two attached hydrogens (primary N) is 1. The van der Waals surface area contributed by atoms with E-state index < -0.39 is 0 Å². The molecule has 2 heterocycles. The molecule has 0 aliphatic carbocycles. The fourth-order valence-corrected chi connectivity index (χ4v) is 2.12.